The summed E-state index contributed by atoms with van der Waals surface area (Å²) >= 11 is 0. The molecule has 25 heavy (non-hydrogen) atoms. The Morgan fingerprint density at radius 3 is 2.32 bits per heavy atom. The molecule has 3 rings (SSSR count). The molecule has 0 saturated heterocycles. The molecule has 2 amide bonds. The predicted molar refractivity (Wildman–Crippen MR) is 102 cm³/mol. The van der Waals surface area contributed by atoms with Crippen LogP contribution >= 0.6 is 12.4 Å². The van der Waals surface area contributed by atoms with E-state index in [9.17, 15) is 9.59 Å². The van der Waals surface area contributed by atoms with Gasteiger partial charge in [0.1, 0.15) is 0 Å². The van der Waals surface area contributed by atoms with Crippen LogP contribution in [0.25, 0.3) is 0 Å². The van der Waals surface area contributed by atoms with Crippen LogP contribution in [0.3, 0.4) is 0 Å². The van der Waals surface area contributed by atoms with Crippen LogP contribution in [-0.2, 0) is 9.59 Å². The van der Waals surface area contributed by atoms with Gasteiger partial charge in [-0.1, -0.05) is 24.5 Å². The standard InChI is InChI=1S/C19H31N3O2.ClH/c23-18(21-13-14-9-11-20-12-10-14)16-5-7-17(8-6-16)22-19(24)15-3-1-2-4-15;/h9,15-17,20H,1-8,10-13H2,(H,21,23)(H,22,24);1H. The SMILES string of the molecule is Cl.O=C(NCC1=CCNCC1)C1CCC(NC(=O)C2CCCC2)CC1. The minimum atomic E-state index is 0. The van der Waals surface area contributed by atoms with Crippen LogP contribution in [0.2, 0.25) is 0 Å². The van der Waals surface area contributed by atoms with Gasteiger partial charge in [-0.2, -0.15) is 0 Å². The number of hydrogen-bond acceptors (Lipinski definition) is 3. The molecule has 2 aliphatic carbocycles. The van der Waals surface area contributed by atoms with Crippen LogP contribution in [0.5, 0.6) is 0 Å². The van der Waals surface area contributed by atoms with Gasteiger partial charge in [-0.25, -0.2) is 0 Å². The summed E-state index contributed by atoms with van der Waals surface area (Å²) in [5, 5.41) is 9.60. The number of carbonyl (C=O) groups is 2. The monoisotopic (exact) mass is 369 g/mol. The highest BCUT2D eigenvalue weighted by Gasteiger charge is 2.29. The Balaban J connectivity index is 0.00000225. The normalized spacial score (nSPS) is 27.1. The Bertz CT molecular complexity index is 481. The van der Waals surface area contributed by atoms with Crippen LogP contribution in [0.4, 0.5) is 0 Å². The smallest absolute Gasteiger partial charge is 0.223 e. The second kappa shape index (κ2) is 10.2. The van der Waals surface area contributed by atoms with Gasteiger partial charge >= 0.3 is 0 Å². The summed E-state index contributed by atoms with van der Waals surface area (Å²) in [4.78, 5) is 24.5. The van der Waals surface area contributed by atoms with E-state index in [1.165, 1.54) is 18.4 Å². The minimum Gasteiger partial charge on any atom is -0.353 e. The van der Waals surface area contributed by atoms with Crippen molar-refractivity contribution in [2.24, 2.45) is 11.8 Å². The third-order valence-corrected chi connectivity index (χ3v) is 5.82. The van der Waals surface area contributed by atoms with Crippen molar-refractivity contribution in [2.45, 2.75) is 63.8 Å². The zero-order valence-electron chi connectivity index (χ0n) is 15.0. The van der Waals surface area contributed by atoms with E-state index in [2.05, 4.69) is 22.0 Å². The Morgan fingerprint density at radius 2 is 1.68 bits per heavy atom. The first-order valence-electron chi connectivity index (χ1n) is 9.69. The van der Waals surface area contributed by atoms with Crippen molar-refractivity contribution in [2.75, 3.05) is 19.6 Å². The summed E-state index contributed by atoms with van der Waals surface area (Å²) in [5.41, 5.74) is 1.33. The number of halogens is 1. The second-order valence-corrected chi connectivity index (χ2v) is 7.57. The molecule has 142 valence electrons. The van der Waals surface area contributed by atoms with E-state index < -0.39 is 0 Å². The lowest BCUT2D eigenvalue weighted by molar-refractivity contribution is -0.126. The zero-order chi connectivity index (χ0) is 16.8. The van der Waals surface area contributed by atoms with Gasteiger partial charge in [-0.05, 0) is 51.5 Å². The molecule has 0 aromatic heterocycles. The molecule has 6 heteroatoms. The molecule has 0 bridgehead atoms. The summed E-state index contributed by atoms with van der Waals surface area (Å²) in [6, 6.07) is 0.272. The molecule has 5 nitrogen and oxygen atoms in total. The van der Waals surface area contributed by atoms with Crippen molar-refractivity contribution in [3.8, 4) is 0 Å². The second-order valence-electron chi connectivity index (χ2n) is 7.57. The van der Waals surface area contributed by atoms with Crippen LogP contribution in [0.1, 0.15) is 57.8 Å². The van der Waals surface area contributed by atoms with Gasteiger partial charge < -0.3 is 16.0 Å². The highest BCUT2D eigenvalue weighted by Crippen LogP contribution is 2.27. The van der Waals surface area contributed by atoms with Crippen LogP contribution in [0, 0.1) is 11.8 Å². The summed E-state index contributed by atoms with van der Waals surface area (Å²) in [5.74, 6) is 0.796. The minimum absolute atomic E-state index is 0. The van der Waals surface area contributed by atoms with Crippen LogP contribution in [0.15, 0.2) is 11.6 Å². The van der Waals surface area contributed by atoms with E-state index in [0.29, 0.717) is 6.54 Å². The summed E-state index contributed by atoms with van der Waals surface area (Å²) in [6.45, 7) is 2.61. The number of rotatable bonds is 5. The van der Waals surface area contributed by atoms with Crippen LogP contribution in [-0.4, -0.2) is 37.5 Å². The topological polar surface area (TPSA) is 70.2 Å². The lowest BCUT2D eigenvalue weighted by Gasteiger charge is -2.29. The van der Waals surface area contributed by atoms with E-state index in [-0.39, 0.29) is 42.1 Å². The average molecular weight is 370 g/mol. The maximum atomic E-state index is 12.3. The summed E-state index contributed by atoms with van der Waals surface area (Å²) in [7, 11) is 0. The molecule has 1 heterocycles. The van der Waals surface area contributed by atoms with E-state index in [1.807, 2.05) is 0 Å². The predicted octanol–water partition coefficient (Wildman–Crippen LogP) is 2.31. The molecule has 0 aromatic rings. The molecule has 3 N–H and O–H groups in total. The van der Waals surface area contributed by atoms with E-state index in [1.54, 1.807) is 0 Å². The molecule has 0 atom stereocenters. The first-order chi connectivity index (χ1) is 11.7. The van der Waals surface area contributed by atoms with Crippen molar-refractivity contribution >= 4 is 24.2 Å². The average Bonchev–Trinajstić information content (AvgIpc) is 3.16. The van der Waals surface area contributed by atoms with Crippen molar-refractivity contribution < 1.29 is 9.59 Å². The highest BCUT2D eigenvalue weighted by atomic mass is 35.5. The Kier molecular flexibility index (Phi) is 8.24. The van der Waals surface area contributed by atoms with E-state index >= 15 is 0 Å². The fourth-order valence-corrected chi connectivity index (χ4v) is 4.18. The molecule has 0 spiro atoms. The van der Waals surface area contributed by atoms with Crippen LogP contribution < -0.4 is 16.0 Å². The van der Waals surface area contributed by atoms with Gasteiger partial charge in [-0.3, -0.25) is 9.59 Å². The third-order valence-electron chi connectivity index (χ3n) is 5.82. The number of hydrogen-bond donors (Lipinski definition) is 3. The van der Waals surface area contributed by atoms with Gasteiger partial charge in [0.25, 0.3) is 0 Å². The fourth-order valence-electron chi connectivity index (χ4n) is 4.18. The number of carbonyl (C=O) groups excluding carboxylic acids is 2. The van der Waals surface area contributed by atoms with Gasteiger partial charge in [-0.15, -0.1) is 12.4 Å². The fraction of sp³-hybridized carbons (Fsp3) is 0.789. The maximum Gasteiger partial charge on any atom is 0.223 e. The maximum absolute atomic E-state index is 12.3. The first kappa shape index (κ1) is 20.2. The molecular formula is C19H32ClN3O2. The highest BCUT2D eigenvalue weighted by molar-refractivity contribution is 5.85. The third kappa shape index (κ3) is 6.00. The Hall–Kier alpha value is -1.07. The zero-order valence-corrected chi connectivity index (χ0v) is 15.8. The van der Waals surface area contributed by atoms with Gasteiger partial charge in [0, 0.05) is 31.0 Å². The van der Waals surface area contributed by atoms with E-state index in [4.69, 9.17) is 0 Å². The van der Waals surface area contributed by atoms with Crippen molar-refractivity contribution in [1.29, 1.82) is 0 Å². The number of amides is 2. The van der Waals surface area contributed by atoms with Gasteiger partial charge in [0.2, 0.25) is 11.8 Å². The largest absolute Gasteiger partial charge is 0.353 e. The van der Waals surface area contributed by atoms with Gasteiger partial charge in [0.15, 0.2) is 0 Å². The number of nitrogens with one attached hydrogen (secondary N) is 3. The molecule has 2 saturated carbocycles. The molecule has 1 aliphatic heterocycles. The van der Waals surface area contributed by atoms with Crippen molar-refractivity contribution in [3.05, 3.63) is 11.6 Å². The summed E-state index contributed by atoms with van der Waals surface area (Å²) < 4.78 is 0. The lowest BCUT2D eigenvalue weighted by atomic mass is 9.85. The first-order valence-corrected chi connectivity index (χ1v) is 9.69. The molecule has 3 aliphatic rings. The molecule has 0 aromatic carbocycles. The lowest BCUT2D eigenvalue weighted by Crippen LogP contribution is -2.43. The quantitative estimate of drug-likeness (QED) is 0.651. The molecule has 2 fully saturated rings. The van der Waals surface area contributed by atoms with E-state index in [0.717, 1.165) is 58.0 Å². The Morgan fingerprint density at radius 1 is 1.00 bits per heavy atom. The Labute approximate surface area is 157 Å². The van der Waals surface area contributed by atoms with Gasteiger partial charge in [0.05, 0.1) is 0 Å². The van der Waals surface area contributed by atoms with Crippen molar-refractivity contribution in [1.82, 2.24) is 16.0 Å². The summed E-state index contributed by atoms with van der Waals surface area (Å²) in [6.07, 6.45) is 11.3. The molecular weight excluding hydrogens is 338 g/mol. The molecule has 0 unspecified atom stereocenters. The van der Waals surface area contributed by atoms with Crippen molar-refractivity contribution in [3.63, 3.8) is 0 Å². The molecule has 0 radical (unpaired) electrons.